The third kappa shape index (κ3) is 6.79. The minimum atomic E-state index is -4.95. The number of benzene rings is 2. The fraction of sp³-hybridized carbons (Fsp3) is 0.348. The van der Waals surface area contributed by atoms with E-state index in [1.165, 1.54) is 18.1 Å². The van der Waals surface area contributed by atoms with Gasteiger partial charge in [-0.05, 0) is 35.7 Å². The van der Waals surface area contributed by atoms with Crippen molar-refractivity contribution in [3.05, 3.63) is 64.2 Å². The van der Waals surface area contributed by atoms with Crippen LogP contribution in [0.4, 0.5) is 13.2 Å². The molecule has 2 aromatic carbocycles. The molecule has 0 saturated carbocycles. The molecule has 2 amide bonds. The number of hydrogen-bond acceptors (Lipinski definition) is 6. The van der Waals surface area contributed by atoms with Crippen molar-refractivity contribution in [1.82, 2.24) is 10.2 Å². The molecule has 0 bridgehead atoms. The number of oxime groups is 1. The summed E-state index contributed by atoms with van der Waals surface area (Å²) in [5.41, 5.74) is 7.20. The number of amidine groups is 1. The summed E-state index contributed by atoms with van der Waals surface area (Å²) in [6.07, 6.45) is -4.55. The molecule has 4 N–H and O–H groups in total. The molecular weight excluding hydrogens is 505 g/mol. The van der Waals surface area contributed by atoms with Gasteiger partial charge in [-0.15, -0.1) is 13.2 Å². The van der Waals surface area contributed by atoms with E-state index >= 15 is 0 Å². The van der Waals surface area contributed by atoms with E-state index in [1.54, 1.807) is 24.3 Å². The van der Waals surface area contributed by atoms with Crippen molar-refractivity contribution < 1.29 is 37.4 Å². The lowest BCUT2D eigenvalue weighted by Gasteiger charge is -2.41. The Bertz CT molecular complexity index is 1130. The Kier molecular flexibility index (Phi) is 8.64. The van der Waals surface area contributed by atoms with Gasteiger partial charge in [-0.25, -0.2) is 0 Å². The molecule has 2 aromatic rings. The first-order valence-electron chi connectivity index (χ1n) is 10.7. The van der Waals surface area contributed by atoms with Crippen molar-refractivity contribution in [3.8, 4) is 5.75 Å². The average Bonchev–Trinajstić information content (AvgIpc) is 2.76. The summed E-state index contributed by atoms with van der Waals surface area (Å²) < 4.78 is 41.7. The highest BCUT2D eigenvalue weighted by molar-refractivity contribution is 6.30. The number of likely N-dealkylation sites (tertiary alicyclic amines) is 1. The Morgan fingerprint density at radius 2 is 1.97 bits per heavy atom. The first-order valence-corrected chi connectivity index (χ1v) is 11.1. The third-order valence-electron chi connectivity index (χ3n) is 5.52. The van der Waals surface area contributed by atoms with Gasteiger partial charge in [-0.2, -0.15) is 0 Å². The lowest BCUT2D eigenvalue weighted by Crippen LogP contribution is -2.59. The molecule has 1 aliphatic heterocycles. The van der Waals surface area contributed by atoms with Crippen molar-refractivity contribution in [1.29, 1.82) is 0 Å². The number of hydrogen-bond donors (Lipinski definition) is 3. The van der Waals surface area contributed by atoms with E-state index in [4.69, 9.17) is 17.3 Å². The van der Waals surface area contributed by atoms with Gasteiger partial charge in [0.15, 0.2) is 5.84 Å². The molecule has 9 nitrogen and oxygen atoms in total. The predicted octanol–water partition coefficient (Wildman–Crippen LogP) is 2.50. The van der Waals surface area contributed by atoms with Gasteiger partial charge in [0.2, 0.25) is 11.8 Å². The lowest BCUT2D eigenvalue weighted by atomic mass is 9.93. The fourth-order valence-corrected chi connectivity index (χ4v) is 3.91. The molecule has 36 heavy (non-hydrogen) atoms. The van der Waals surface area contributed by atoms with E-state index in [0.29, 0.717) is 12.0 Å². The highest BCUT2D eigenvalue weighted by Crippen LogP contribution is 2.32. The second kappa shape index (κ2) is 11.5. The highest BCUT2D eigenvalue weighted by atomic mass is 35.5. The topological polar surface area (TPSA) is 126 Å². The average molecular weight is 529 g/mol. The summed E-state index contributed by atoms with van der Waals surface area (Å²) in [4.78, 5) is 31.6. The van der Waals surface area contributed by atoms with E-state index in [2.05, 4.69) is 20.0 Å². The SMILES string of the molecule is CO/N=C(/N)c1ccc(CNC(=O)C2CCN2C(=O)C(CO)c2cc(Cl)cc(OC(F)(F)F)c2)cc1. The van der Waals surface area contributed by atoms with Crippen molar-refractivity contribution >= 4 is 29.3 Å². The van der Waals surface area contributed by atoms with E-state index in [1.807, 2.05) is 0 Å². The Balaban J connectivity index is 1.64. The number of aliphatic hydroxyl groups excluding tert-OH is 1. The summed E-state index contributed by atoms with van der Waals surface area (Å²) in [5, 5.41) is 16.1. The maximum Gasteiger partial charge on any atom is 0.573 e. The van der Waals surface area contributed by atoms with Crippen molar-refractivity contribution in [2.75, 3.05) is 20.3 Å². The largest absolute Gasteiger partial charge is 0.573 e. The number of nitrogens with zero attached hydrogens (tertiary/aromatic N) is 2. The zero-order valence-electron chi connectivity index (χ0n) is 19.1. The van der Waals surface area contributed by atoms with Crippen LogP contribution in [-0.2, 0) is 21.0 Å². The molecule has 13 heteroatoms. The number of carbonyl (C=O) groups excluding carboxylic acids is 2. The van der Waals surface area contributed by atoms with Gasteiger partial charge >= 0.3 is 6.36 Å². The van der Waals surface area contributed by atoms with Gasteiger partial charge in [0.25, 0.3) is 0 Å². The van der Waals surface area contributed by atoms with Crippen molar-refractivity contribution in [2.45, 2.75) is 31.3 Å². The first kappa shape index (κ1) is 27.1. The Hall–Kier alpha value is -3.51. The van der Waals surface area contributed by atoms with Crippen LogP contribution in [0.3, 0.4) is 0 Å². The number of amides is 2. The molecule has 194 valence electrons. The Labute approximate surface area is 209 Å². The lowest BCUT2D eigenvalue weighted by molar-refractivity contribution is -0.274. The minimum Gasteiger partial charge on any atom is -0.406 e. The summed E-state index contributed by atoms with van der Waals surface area (Å²) in [6, 6.07) is 9.35. The molecule has 0 radical (unpaired) electrons. The second-order valence-electron chi connectivity index (χ2n) is 7.91. The molecule has 0 aromatic heterocycles. The van der Waals surface area contributed by atoms with Crippen molar-refractivity contribution in [3.63, 3.8) is 0 Å². The van der Waals surface area contributed by atoms with Crippen LogP contribution in [0, 0.1) is 0 Å². The molecule has 3 rings (SSSR count). The van der Waals surface area contributed by atoms with Gasteiger partial charge in [0.05, 0.1) is 12.5 Å². The number of ether oxygens (including phenoxy) is 1. The van der Waals surface area contributed by atoms with E-state index < -0.39 is 42.5 Å². The van der Waals surface area contributed by atoms with E-state index in [9.17, 15) is 27.9 Å². The minimum absolute atomic E-state index is 0.0386. The van der Waals surface area contributed by atoms with Gasteiger partial charge in [-0.3, -0.25) is 9.59 Å². The number of alkyl halides is 3. The van der Waals surface area contributed by atoms with Crippen LogP contribution in [-0.4, -0.2) is 60.3 Å². The van der Waals surface area contributed by atoms with Gasteiger partial charge in [-0.1, -0.05) is 41.0 Å². The predicted molar refractivity (Wildman–Crippen MR) is 124 cm³/mol. The normalized spacial score (nSPS) is 16.7. The van der Waals surface area contributed by atoms with Gasteiger partial charge in [0.1, 0.15) is 18.9 Å². The van der Waals surface area contributed by atoms with E-state index in [0.717, 1.165) is 17.7 Å². The maximum absolute atomic E-state index is 13.1. The number of nitrogens with one attached hydrogen (secondary N) is 1. The molecule has 2 atom stereocenters. The molecule has 0 aliphatic carbocycles. The second-order valence-corrected chi connectivity index (χ2v) is 8.35. The molecular formula is C23H24ClF3N4O5. The molecule has 1 fully saturated rings. The standard InChI is InChI=1S/C23H24ClF3N4O5/c1-35-30-20(28)14-4-2-13(3-5-14)11-29-21(33)19-6-7-31(19)22(34)18(12-32)15-8-16(24)10-17(9-15)36-23(25,26)27/h2-5,8-10,18-19,32H,6-7,11-12H2,1H3,(H2,28,30)(H,29,33). The number of nitrogens with two attached hydrogens (primary N) is 1. The number of aliphatic hydroxyl groups is 1. The van der Waals surface area contributed by atoms with Gasteiger partial charge < -0.3 is 30.6 Å². The number of carbonyl (C=O) groups is 2. The zero-order chi connectivity index (χ0) is 26.5. The summed E-state index contributed by atoms with van der Waals surface area (Å²) in [5.74, 6) is -2.64. The maximum atomic E-state index is 13.1. The smallest absolute Gasteiger partial charge is 0.406 e. The van der Waals surface area contributed by atoms with E-state index in [-0.39, 0.29) is 29.5 Å². The molecule has 1 aliphatic rings. The first-order chi connectivity index (χ1) is 17.0. The van der Waals surface area contributed by atoms with Crippen LogP contribution >= 0.6 is 11.6 Å². The van der Waals surface area contributed by atoms with Crippen LogP contribution < -0.4 is 15.8 Å². The van der Waals surface area contributed by atoms with Gasteiger partial charge in [0, 0.05) is 23.7 Å². The van der Waals surface area contributed by atoms with Crippen LogP contribution in [0.1, 0.15) is 29.0 Å². The zero-order valence-corrected chi connectivity index (χ0v) is 19.8. The monoisotopic (exact) mass is 528 g/mol. The highest BCUT2D eigenvalue weighted by Gasteiger charge is 2.40. The summed E-state index contributed by atoms with van der Waals surface area (Å²) >= 11 is 5.90. The molecule has 0 spiro atoms. The molecule has 1 saturated heterocycles. The third-order valence-corrected chi connectivity index (χ3v) is 5.74. The van der Waals surface area contributed by atoms with Crippen LogP contribution in [0.5, 0.6) is 5.75 Å². The van der Waals surface area contributed by atoms with Crippen molar-refractivity contribution in [2.24, 2.45) is 10.9 Å². The Morgan fingerprint density at radius 3 is 2.53 bits per heavy atom. The fourth-order valence-electron chi connectivity index (χ4n) is 3.68. The molecule has 2 unspecified atom stereocenters. The van der Waals surface area contributed by atoms with Crippen LogP contribution in [0.2, 0.25) is 5.02 Å². The quantitative estimate of drug-likeness (QED) is 0.261. The van der Waals surface area contributed by atoms with Crippen LogP contribution in [0.25, 0.3) is 0 Å². The number of halogens is 4. The summed E-state index contributed by atoms with van der Waals surface area (Å²) in [7, 11) is 1.38. The summed E-state index contributed by atoms with van der Waals surface area (Å²) in [6.45, 7) is -0.251. The number of rotatable bonds is 9. The van der Waals surface area contributed by atoms with Crippen LogP contribution in [0.15, 0.2) is 47.6 Å². The Morgan fingerprint density at radius 1 is 1.28 bits per heavy atom. The molecule has 1 heterocycles.